The quantitative estimate of drug-likeness (QED) is 0.441. The van der Waals surface area contributed by atoms with Gasteiger partial charge in [-0.25, -0.2) is 0 Å². The summed E-state index contributed by atoms with van der Waals surface area (Å²) >= 11 is 3.46. The number of aliphatic hydroxyl groups excluding tert-OH is 1. The van der Waals surface area contributed by atoms with Crippen LogP contribution >= 0.6 is 15.9 Å². The van der Waals surface area contributed by atoms with Crippen LogP contribution in [-0.2, 0) is 9.53 Å². The third kappa shape index (κ3) is 4.32. The van der Waals surface area contributed by atoms with Gasteiger partial charge in [0.2, 0.25) is 0 Å². The summed E-state index contributed by atoms with van der Waals surface area (Å²) in [6, 6.07) is 9.22. The second kappa shape index (κ2) is 8.42. The largest absolute Gasteiger partial charge is 0.465 e. The van der Waals surface area contributed by atoms with Gasteiger partial charge in [-0.3, -0.25) is 4.79 Å². The van der Waals surface area contributed by atoms with Gasteiger partial charge < -0.3 is 9.84 Å². The van der Waals surface area contributed by atoms with Crippen molar-refractivity contribution in [3.05, 3.63) is 35.9 Å². The lowest BCUT2D eigenvalue weighted by Crippen LogP contribution is -2.40. The summed E-state index contributed by atoms with van der Waals surface area (Å²) in [5.74, 6) is -0.396. The van der Waals surface area contributed by atoms with E-state index in [1.165, 1.54) is 0 Å². The van der Waals surface area contributed by atoms with Crippen LogP contribution in [0.25, 0.3) is 0 Å². The molecule has 0 aliphatic rings. The lowest BCUT2D eigenvalue weighted by Gasteiger charge is -2.30. The Balaban J connectivity index is 2.93. The van der Waals surface area contributed by atoms with E-state index < -0.39 is 16.4 Å². The SMILES string of the molecule is CCCCCC(Br)(C(=O)OCC)C(O)c1ccccc1. The second-order valence-corrected chi connectivity index (χ2v) is 6.27. The summed E-state index contributed by atoms with van der Waals surface area (Å²) in [7, 11) is 0. The summed E-state index contributed by atoms with van der Waals surface area (Å²) in [6.07, 6.45) is 2.58. The summed E-state index contributed by atoms with van der Waals surface area (Å²) in [4.78, 5) is 12.2. The molecule has 0 aliphatic heterocycles. The third-order valence-corrected chi connectivity index (χ3v) is 4.46. The van der Waals surface area contributed by atoms with Gasteiger partial charge in [0.1, 0.15) is 6.10 Å². The molecular formula is C16H23BrO3. The van der Waals surface area contributed by atoms with Crippen molar-refractivity contribution in [3.8, 4) is 0 Å². The monoisotopic (exact) mass is 342 g/mol. The topological polar surface area (TPSA) is 46.5 Å². The first-order valence-corrected chi connectivity index (χ1v) is 7.94. The molecule has 0 saturated heterocycles. The highest BCUT2D eigenvalue weighted by atomic mass is 79.9. The molecule has 1 aromatic rings. The van der Waals surface area contributed by atoms with Gasteiger partial charge in [-0.1, -0.05) is 72.4 Å². The molecule has 0 heterocycles. The molecule has 0 aromatic heterocycles. The Kier molecular flexibility index (Phi) is 7.24. The molecule has 1 aromatic carbocycles. The zero-order chi connectivity index (χ0) is 15.0. The van der Waals surface area contributed by atoms with Crippen molar-refractivity contribution in [2.75, 3.05) is 6.61 Å². The highest BCUT2D eigenvalue weighted by molar-refractivity contribution is 9.10. The molecule has 3 nitrogen and oxygen atoms in total. The Labute approximate surface area is 129 Å². The number of rotatable bonds is 8. The maximum atomic E-state index is 12.2. The fourth-order valence-corrected chi connectivity index (χ4v) is 2.79. The maximum Gasteiger partial charge on any atom is 0.325 e. The number of halogens is 1. The van der Waals surface area contributed by atoms with Crippen molar-refractivity contribution in [1.29, 1.82) is 0 Å². The summed E-state index contributed by atoms with van der Waals surface area (Å²) < 4.78 is 4.06. The van der Waals surface area contributed by atoms with E-state index in [9.17, 15) is 9.90 Å². The number of carbonyl (C=O) groups excluding carboxylic acids is 1. The van der Waals surface area contributed by atoms with Crippen LogP contribution in [0.1, 0.15) is 51.2 Å². The molecule has 1 N–H and O–H groups in total. The molecule has 112 valence electrons. The van der Waals surface area contributed by atoms with Gasteiger partial charge in [0, 0.05) is 0 Å². The zero-order valence-corrected chi connectivity index (χ0v) is 13.7. The fraction of sp³-hybridized carbons (Fsp3) is 0.562. The smallest absolute Gasteiger partial charge is 0.325 e. The van der Waals surface area contributed by atoms with Crippen molar-refractivity contribution in [1.82, 2.24) is 0 Å². The third-order valence-electron chi connectivity index (χ3n) is 3.31. The van der Waals surface area contributed by atoms with E-state index in [1.807, 2.05) is 30.3 Å². The van der Waals surface area contributed by atoms with Gasteiger partial charge in [-0.05, 0) is 18.9 Å². The van der Waals surface area contributed by atoms with Gasteiger partial charge in [0.05, 0.1) is 6.61 Å². The summed E-state index contributed by atoms with van der Waals surface area (Å²) in [5.41, 5.74) is 0.717. The Morgan fingerprint density at radius 1 is 1.30 bits per heavy atom. The predicted molar refractivity (Wildman–Crippen MR) is 83.8 cm³/mol. The van der Waals surface area contributed by atoms with Crippen LogP contribution in [0.2, 0.25) is 0 Å². The fourth-order valence-electron chi connectivity index (χ4n) is 2.13. The van der Waals surface area contributed by atoms with Crippen LogP contribution in [0, 0.1) is 0 Å². The van der Waals surface area contributed by atoms with Crippen LogP contribution in [0.3, 0.4) is 0 Å². The van der Waals surface area contributed by atoms with E-state index in [0.29, 0.717) is 18.6 Å². The maximum absolute atomic E-state index is 12.2. The standard InChI is InChI=1S/C16H23BrO3/c1-3-5-9-12-16(17,15(19)20-4-2)14(18)13-10-7-6-8-11-13/h6-8,10-11,14,18H,3-5,9,12H2,1-2H3. The molecule has 0 bridgehead atoms. The Bertz CT molecular complexity index is 407. The molecule has 20 heavy (non-hydrogen) atoms. The number of alkyl halides is 1. The minimum absolute atomic E-state index is 0.307. The van der Waals surface area contributed by atoms with Crippen LogP contribution in [0.15, 0.2) is 30.3 Å². The van der Waals surface area contributed by atoms with E-state index >= 15 is 0 Å². The van der Waals surface area contributed by atoms with E-state index in [4.69, 9.17) is 4.74 Å². The number of hydrogen-bond donors (Lipinski definition) is 1. The Hall–Kier alpha value is -0.870. The first-order chi connectivity index (χ1) is 9.56. The number of unbranched alkanes of at least 4 members (excludes halogenated alkanes) is 2. The number of aliphatic hydroxyl groups is 1. The number of hydrogen-bond acceptors (Lipinski definition) is 3. The molecule has 1 rings (SSSR count). The second-order valence-electron chi connectivity index (χ2n) is 4.85. The van der Waals surface area contributed by atoms with Crippen molar-refractivity contribution in [2.45, 2.75) is 50.0 Å². The number of benzene rings is 1. The van der Waals surface area contributed by atoms with E-state index in [1.54, 1.807) is 6.92 Å². The lowest BCUT2D eigenvalue weighted by atomic mass is 9.90. The molecule has 2 atom stereocenters. The molecular weight excluding hydrogens is 320 g/mol. The molecule has 0 aliphatic carbocycles. The molecule has 4 heteroatoms. The van der Waals surface area contributed by atoms with Gasteiger partial charge in [0.25, 0.3) is 0 Å². The zero-order valence-electron chi connectivity index (χ0n) is 12.1. The highest BCUT2D eigenvalue weighted by Crippen LogP contribution is 2.39. The van der Waals surface area contributed by atoms with Crippen LogP contribution in [0.5, 0.6) is 0 Å². The van der Waals surface area contributed by atoms with E-state index in [2.05, 4.69) is 22.9 Å². The molecule has 0 amide bonds. The number of carbonyl (C=O) groups is 1. The Morgan fingerprint density at radius 2 is 1.95 bits per heavy atom. The minimum Gasteiger partial charge on any atom is -0.465 e. The van der Waals surface area contributed by atoms with Gasteiger partial charge >= 0.3 is 5.97 Å². The van der Waals surface area contributed by atoms with E-state index in [-0.39, 0.29) is 0 Å². The minimum atomic E-state index is -1.07. The van der Waals surface area contributed by atoms with E-state index in [0.717, 1.165) is 19.3 Å². The average Bonchev–Trinajstić information content (AvgIpc) is 2.47. The normalized spacial score (nSPS) is 15.4. The van der Waals surface area contributed by atoms with Crippen molar-refractivity contribution < 1.29 is 14.6 Å². The summed E-state index contributed by atoms with van der Waals surface area (Å²) in [6.45, 7) is 4.18. The van der Waals surface area contributed by atoms with Crippen LogP contribution in [0.4, 0.5) is 0 Å². The first kappa shape index (κ1) is 17.2. The van der Waals surface area contributed by atoms with Crippen molar-refractivity contribution in [2.24, 2.45) is 0 Å². The highest BCUT2D eigenvalue weighted by Gasteiger charge is 2.44. The van der Waals surface area contributed by atoms with Gasteiger partial charge in [0.15, 0.2) is 4.32 Å². The molecule has 0 spiro atoms. The number of ether oxygens (including phenoxy) is 1. The van der Waals surface area contributed by atoms with Gasteiger partial charge in [-0.2, -0.15) is 0 Å². The Morgan fingerprint density at radius 3 is 2.50 bits per heavy atom. The molecule has 0 fully saturated rings. The summed E-state index contributed by atoms with van der Waals surface area (Å²) in [5, 5.41) is 10.6. The predicted octanol–water partition coefficient (Wildman–Crippen LogP) is 4.00. The first-order valence-electron chi connectivity index (χ1n) is 7.15. The van der Waals surface area contributed by atoms with Crippen molar-refractivity contribution >= 4 is 21.9 Å². The average molecular weight is 343 g/mol. The van der Waals surface area contributed by atoms with Crippen molar-refractivity contribution in [3.63, 3.8) is 0 Å². The molecule has 2 unspecified atom stereocenters. The molecule has 0 radical (unpaired) electrons. The molecule has 0 saturated carbocycles. The number of esters is 1. The van der Waals surface area contributed by atoms with Gasteiger partial charge in [-0.15, -0.1) is 0 Å². The van der Waals surface area contributed by atoms with Crippen LogP contribution in [-0.4, -0.2) is 22.0 Å². The lowest BCUT2D eigenvalue weighted by molar-refractivity contribution is -0.149. The van der Waals surface area contributed by atoms with Crippen LogP contribution < -0.4 is 0 Å².